The fourth-order valence-corrected chi connectivity index (χ4v) is 1.90. The van der Waals surface area contributed by atoms with Gasteiger partial charge in [-0.3, -0.25) is 9.59 Å². The predicted octanol–water partition coefficient (Wildman–Crippen LogP) is 0.772. The minimum atomic E-state index is -0.201. The second-order valence-corrected chi connectivity index (χ2v) is 3.54. The monoisotopic (exact) mass is 200 g/mol. The molecule has 0 spiro atoms. The number of hydrogen-bond acceptors (Lipinski definition) is 2. The Hall–Kier alpha value is -2.10. The van der Waals surface area contributed by atoms with E-state index in [1.807, 2.05) is 12.1 Å². The van der Waals surface area contributed by atoms with Crippen molar-refractivity contribution < 1.29 is 4.79 Å². The molecular weight excluding hydrogens is 192 g/mol. The number of carbonyl (C=O) groups excluding carboxylic acids is 1. The maximum Gasteiger partial charge on any atom is 0.268 e. The average molecular weight is 200 g/mol. The van der Waals surface area contributed by atoms with Crippen LogP contribution in [0.15, 0.2) is 29.1 Å². The number of fused-ring (bicyclic) bond motifs is 2. The summed E-state index contributed by atoms with van der Waals surface area (Å²) < 4.78 is 0. The van der Waals surface area contributed by atoms with Crippen LogP contribution in [0.3, 0.4) is 0 Å². The van der Waals surface area contributed by atoms with Crippen LogP contribution in [0.4, 0.5) is 0 Å². The minimum Gasteiger partial charge on any atom is -0.350 e. The van der Waals surface area contributed by atoms with Crippen LogP contribution < -0.4 is 10.7 Å². The zero-order chi connectivity index (χ0) is 10.4. The topological polar surface area (TPSA) is 62.0 Å². The molecule has 0 atom stereocenters. The van der Waals surface area contributed by atoms with Crippen molar-refractivity contribution in [1.82, 2.24) is 10.3 Å². The summed E-state index contributed by atoms with van der Waals surface area (Å²) in [5.41, 5.74) is 1.59. The van der Waals surface area contributed by atoms with Crippen LogP contribution in [0, 0.1) is 0 Å². The van der Waals surface area contributed by atoms with Crippen LogP contribution >= 0.6 is 0 Å². The number of hydrogen-bond donors (Lipinski definition) is 2. The zero-order valence-electron chi connectivity index (χ0n) is 7.83. The maximum atomic E-state index is 12.0. The summed E-state index contributed by atoms with van der Waals surface area (Å²) in [6.07, 6.45) is 0. The van der Waals surface area contributed by atoms with Gasteiger partial charge in [0.1, 0.15) is 5.69 Å². The summed E-state index contributed by atoms with van der Waals surface area (Å²) in [7, 11) is 0. The average Bonchev–Trinajstić information content (AvgIpc) is 2.62. The smallest absolute Gasteiger partial charge is 0.268 e. The largest absolute Gasteiger partial charge is 0.350 e. The summed E-state index contributed by atoms with van der Waals surface area (Å²) in [6, 6.07) is 7.20. The lowest BCUT2D eigenvalue weighted by Crippen LogP contribution is -2.13. The van der Waals surface area contributed by atoms with Gasteiger partial charge in [-0.2, -0.15) is 0 Å². The van der Waals surface area contributed by atoms with E-state index in [0.717, 1.165) is 0 Å². The molecule has 4 heteroatoms. The molecule has 0 saturated heterocycles. The number of nitrogens with one attached hydrogen (secondary N) is 2. The van der Waals surface area contributed by atoms with Crippen molar-refractivity contribution in [1.29, 1.82) is 0 Å². The molecule has 74 valence electrons. The third kappa shape index (κ3) is 1.01. The van der Waals surface area contributed by atoms with Crippen LogP contribution in [0.1, 0.15) is 16.1 Å². The van der Waals surface area contributed by atoms with Crippen LogP contribution in [0.25, 0.3) is 10.9 Å². The van der Waals surface area contributed by atoms with Crippen molar-refractivity contribution in [3.8, 4) is 0 Å². The van der Waals surface area contributed by atoms with Crippen molar-refractivity contribution in [2.75, 3.05) is 0 Å². The van der Waals surface area contributed by atoms with Gasteiger partial charge in [0.05, 0.1) is 0 Å². The Morgan fingerprint density at radius 1 is 1.13 bits per heavy atom. The van der Waals surface area contributed by atoms with Gasteiger partial charge < -0.3 is 10.3 Å². The van der Waals surface area contributed by atoms with E-state index in [0.29, 0.717) is 28.7 Å². The molecule has 4 nitrogen and oxygen atoms in total. The Labute approximate surface area is 84.9 Å². The van der Waals surface area contributed by atoms with Crippen LogP contribution in [-0.2, 0) is 6.54 Å². The molecular formula is C11H8N2O2. The molecule has 1 aromatic carbocycles. The molecule has 1 amide bonds. The van der Waals surface area contributed by atoms with Gasteiger partial charge in [0.25, 0.3) is 5.91 Å². The van der Waals surface area contributed by atoms with Crippen molar-refractivity contribution >= 4 is 16.8 Å². The van der Waals surface area contributed by atoms with Gasteiger partial charge in [0.15, 0.2) is 5.43 Å². The third-order valence-corrected chi connectivity index (χ3v) is 2.66. The minimum absolute atomic E-state index is 0.0577. The second kappa shape index (κ2) is 2.70. The number of carbonyl (C=O) groups is 1. The highest BCUT2D eigenvalue weighted by molar-refractivity contribution is 5.98. The van der Waals surface area contributed by atoms with Gasteiger partial charge in [-0.05, 0) is 12.1 Å². The van der Waals surface area contributed by atoms with E-state index in [-0.39, 0.29) is 11.3 Å². The fourth-order valence-electron chi connectivity index (χ4n) is 1.90. The number of para-hydroxylation sites is 1. The van der Waals surface area contributed by atoms with Crippen molar-refractivity contribution in [3.63, 3.8) is 0 Å². The normalized spacial score (nSPS) is 14.0. The zero-order valence-corrected chi connectivity index (χ0v) is 7.83. The molecule has 0 aliphatic carbocycles. The Kier molecular flexibility index (Phi) is 1.48. The van der Waals surface area contributed by atoms with E-state index < -0.39 is 0 Å². The highest BCUT2D eigenvalue weighted by atomic mass is 16.2. The molecule has 0 bridgehead atoms. The molecule has 0 fully saturated rings. The Bertz CT molecular complexity index is 628. The van der Waals surface area contributed by atoms with Gasteiger partial charge >= 0.3 is 0 Å². The molecule has 2 heterocycles. The predicted molar refractivity (Wildman–Crippen MR) is 55.7 cm³/mol. The number of H-pyrrole nitrogens is 1. The standard InChI is InChI=1S/C11H8N2O2/c14-10-6-3-1-2-4-8(6)13-9-7(10)5-12-11(9)15/h1-4H,5H2,(H,12,15)(H,13,14). The molecule has 0 unspecified atom stereocenters. The molecule has 1 aromatic heterocycles. The van der Waals surface area contributed by atoms with Gasteiger partial charge in [0, 0.05) is 23.0 Å². The van der Waals surface area contributed by atoms with E-state index in [1.165, 1.54) is 0 Å². The van der Waals surface area contributed by atoms with E-state index in [4.69, 9.17) is 0 Å². The van der Waals surface area contributed by atoms with Crippen LogP contribution in [0.5, 0.6) is 0 Å². The van der Waals surface area contributed by atoms with Gasteiger partial charge in [-0.1, -0.05) is 12.1 Å². The summed E-state index contributed by atoms with van der Waals surface area (Å²) in [5, 5.41) is 3.26. The molecule has 2 aromatic rings. The summed E-state index contributed by atoms with van der Waals surface area (Å²) in [4.78, 5) is 26.3. The number of amides is 1. The highest BCUT2D eigenvalue weighted by Gasteiger charge is 2.23. The maximum absolute atomic E-state index is 12.0. The summed E-state index contributed by atoms with van der Waals surface area (Å²) in [6.45, 7) is 0.328. The number of benzene rings is 1. The highest BCUT2D eigenvalue weighted by Crippen LogP contribution is 2.14. The molecule has 2 N–H and O–H groups in total. The lowest BCUT2D eigenvalue weighted by Gasteiger charge is -2.00. The second-order valence-electron chi connectivity index (χ2n) is 3.54. The first-order valence-corrected chi connectivity index (χ1v) is 4.69. The van der Waals surface area contributed by atoms with Crippen molar-refractivity contribution in [2.45, 2.75) is 6.54 Å². The number of aromatic nitrogens is 1. The quantitative estimate of drug-likeness (QED) is 0.659. The Morgan fingerprint density at radius 3 is 2.80 bits per heavy atom. The fraction of sp³-hybridized carbons (Fsp3) is 0.0909. The number of pyridine rings is 1. The van der Waals surface area contributed by atoms with Gasteiger partial charge in [-0.25, -0.2) is 0 Å². The van der Waals surface area contributed by atoms with Gasteiger partial charge in [-0.15, -0.1) is 0 Å². The lowest BCUT2D eigenvalue weighted by molar-refractivity contribution is 0.0962. The summed E-state index contributed by atoms with van der Waals surface area (Å²) in [5.74, 6) is -0.201. The SMILES string of the molecule is O=C1NCc2c1[nH]c1ccccc1c2=O. The first-order chi connectivity index (χ1) is 7.27. The van der Waals surface area contributed by atoms with E-state index >= 15 is 0 Å². The van der Waals surface area contributed by atoms with E-state index in [2.05, 4.69) is 10.3 Å². The van der Waals surface area contributed by atoms with Crippen molar-refractivity contribution in [3.05, 3.63) is 45.7 Å². The Balaban J connectivity index is 2.51. The van der Waals surface area contributed by atoms with Gasteiger partial charge in [0.2, 0.25) is 0 Å². The molecule has 0 saturated carbocycles. The molecule has 0 radical (unpaired) electrons. The number of rotatable bonds is 0. The first kappa shape index (κ1) is 8.23. The molecule has 15 heavy (non-hydrogen) atoms. The lowest BCUT2D eigenvalue weighted by atomic mass is 10.1. The third-order valence-electron chi connectivity index (χ3n) is 2.66. The van der Waals surface area contributed by atoms with Crippen LogP contribution in [-0.4, -0.2) is 10.9 Å². The van der Waals surface area contributed by atoms with E-state index in [1.54, 1.807) is 12.1 Å². The Morgan fingerprint density at radius 2 is 1.93 bits per heavy atom. The summed E-state index contributed by atoms with van der Waals surface area (Å²) >= 11 is 0. The molecule has 1 aliphatic heterocycles. The molecule has 3 rings (SSSR count). The van der Waals surface area contributed by atoms with E-state index in [9.17, 15) is 9.59 Å². The van der Waals surface area contributed by atoms with Crippen molar-refractivity contribution in [2.24, 2.45) is 0 Å². The first-order valence-electron chi connectivity index (χ1n) is 4.69. The molecule has 1 aliphatic rings. The number of aromatic amines is 1. The van der Waals surface area contributed by atoms with Crippen LogP contribution in [0.2, 0.25) is 0 Å².